The molecule has 0 bridgehead atoms. The summed E-state index contributed by atoms with van der Waals surface area (Å²) in [6, 6.07) is 6.93. The van der Waals surface area contributed by atoms with Crippen molar-refractivity contribution in [3.05, 3.63) is 29.8 Å². The van der Waals surface area contributed by atoms with Gasteiger partial charge in [0.15, 0.2) is 0 Å². The fraction of sp³-hybridized carbons (Fsp3) is 0.417. The Morgan fingerprint density at radius 2 is 2.06 bits per heavy atom. The first-order valence-electron chi connectivity index (χ1n) is 5.09. The van der Waals surface area contributed by atoms with Gasteiger partial charge in [0, 0.05) is 6.54 Å². The smallest absolute Gasteiger partial charge is 0.338 e. The standard InChI is InChI=1S/C12H17NO3.ClH/c1-13(2)7-8-16-12(14)10-5-4-6-11(9-10)15-3;/h4-6,9H,7-8H2,1-3H3;1H. The van der Waals surface area contributed by atoms with Crippen LogP contribution < -0.4 is 4.74 Å². The van der Waals surface area contributed by atoms with Gasteiger partial charge in [0.2, 0.25) is 0 Å². The number of methoxy groups -OCH3 is 1. The van der Waals surface area contributed by atoms with Crippen LogP contribution in [0.15, 0.2) is 24.3 Å². The number of ether oxygens (including phenoxy) is 2. The van der Waals surface area contributed by atoms with E-state index in [1.54, 1.807) is 31.4 Å². The van der Waals surface area contributed by atoms with E-state index < -0.39 is 0 Å². The van der Waals surface area contributed by atoms with Crippen LogP contribution in [0.3, 0.4) is 0 Å². The largest absolute Gasteiger partial charge is 0.497 e. The molecule has 0 amide bonds. The number of rotatable bonds is 5. The minimum Gasteiger partial charge on any atom is -0.497 e. The summed E-state index contributed by atoms with van der Waals surface area (Å²) < 4.78 is 10.1. The Morgan fingerprint density at radius 3 is 2.65 bits per heavy atom. The van der Waals surface area contributed by atoms with Crippen LogP contribution in [0.1, 0.15) is 10.4 Å². The minimum atomic E-state index is -0.319. The molecule has 0 aliphatic carbocycles. The highest BCUT2D eigenvalue weighted by Crippen LogP contribution is 2.13. The fourth-order valence-corrected chi connectivity index (χ4v) is 1.15. The van der Waals surface area contributed by atoms with Gasteiger partial charge in [0.1, 0.15) is 12.4 Å². The number of halogens is 1. The van der Waals surface area contributed by atoms with Crippen molar-refractivity contribution in [3.8, 4) is 5.75 Å². The number of esters is 1. The summed E-state index contributed by atoms with van der Waals surface area (Å²) in [6.45, 7) is 1.11. The lowest BCUT2D eigenvalue weighted by Crippen LogP contribution is -2.20. The van der Waals surface area contributed by atoms with E-state index in [0.717, 1.165) is 6.54 Å². The third kappa shape index (κ3) is 5.56. The average molecular weight is 260 g/mol. The Morgan fingerprint density at radius 1 is 1.35 bits per heavy atom. The summed E-state index contributed by atoms with van der Waals surface area (Å²) in [5.74, 6) is 0.336. The van der Waals surface area contributed by atoms with Gasteiger partial charge in [-0.2, -0.15) is 0 Å². The summed E-state index contributed by atoms with van der Waals surface area (Å²) in [5, 5.41) is 0. The molecule has 0 saturated heterocycles. The van der Waals surface area contributed by atoms with Crippen LogP contribution >= 0.6 is 12.4 Å². The first-order valence-corrected chi connectivity index (χ1v) is 5.09. The van der Waals surface area contributed by atoms with Crippen molar-refractivity contribution < 1.29 is 14.3 Å². The van der Waals surface area contributed by atoms with E-state index in [4.69, 9.17) is 9.47 Å². The van der Waals surface area contributed by atoms with E-state index in [-0.39, 0.29) is 18.4 Å². The lowest BCUT2D eigenvalue weighted by molar-refractivity contribution is 0.0481. The van der Waals surface area contributed by atoms with Gasteiger partial charge in [-0.25, -0.2) is 4.79 Å². The summed E-state index contributed by atoms with van der Waals surface area (Å²) in [5.41, 5.74) is 0.512. The Balaban J connectivity index is 0.00000256. The molecule has 0 fully saturated rings. The van der Waals surface area contributed by atoms with Crippen molar-refractivity contribution in [2.75, 3.05) is 34.4 Å². The zero-order valence-electron chi connectivity index (χ0n) is 10.3. The molecule has 5 heteroatoms. The van der Waals surface area contributed by atoms with Crippen LogP contribution in [0, 0.1) is 0 Å². The molecule has 0 aromatic heterocycles. The molecule has 1 aromatic carbocycles. The second-order valence-corrected chi connectivity index (χ2v) is 3.67. The molecule has 0 unspecified atom stereocenters. The number of nitrogens with zero attached hydrogens (tertiary/aromatic N) is 1. The monoisotopic (exact) mass is 259 g/mol. The second kappa shape index (κ2) is 7.92. The number of benzene rings is 1. The van der Waals surface area contributed by atoms with Crippen molar-refractivity contribution in [3.63, 3.8) is 0 Å². The molecule has 17 heavy (non-hydrogen) atoms. The van der Waals surface area contributed by atoms with Crippen molar-refractivity contribution in [1.29, 1.82) is 0 Å². The number of hydrogen-bond acceptors (Lipinski definition) is 4. The van der Waals surface area contributed by atoms with E-state index in [0.29, 0.717) is 17.9 Å². The highest BCUT2D eigenvalue weighted by atomic mass is 35.5. The van der Waals surface area contributed by atoms with Gasteiger partial charge >= 0.3 is 5.97 Å². The maximum absolute atomic E-state index is 11.6. The first kappa shape index (κ1) is 15.7. The third-order valence-electron chi connectivity index (χ3n) is 2.08. The molecular weight excluding hydrogens is 242 g/mol. The predicted octanol–water partition coefficient (Wildman–Crippen LogP) is 1.84. The van der Waals surface area contributed by atoms with E-state index in [2.05, 4.69) is 0 Å². The summed E-state index contributed by atoms with van der Waals surface area (Å²) in [6.07, 6.45) is 0. The highest BCUT2D eigenvalue weighted by molar-refractivity contribution is 5.89. The van der Waals surface area contributed by atoms with Crippen LogP contribution in [0.5, 0.6) is 5.75 Å². The van der Waals surface area contributed by atoms with Crippen molar-refractivity contribution >= 4 is 18.4 Å². The van der Waals surface area contributed by atoms with E-state index in [1.165, 1.54) is 0 Å². The summed E-state index contributed by atoms with van der Waals surface area (Å²) >= 11 is 0. The topological polar surface area (TPSA) is 38.8 Å². The van der Waals surface area contributed by atoms with Gasteiger partial charge in [0.25, 0.3) is 0 Å². The second-order valence-electron chi connectivity index (χ2n) is 3.67. The third-order valence-corrected chi connectivity index (χ3v) is 2.08. The van der Waals surface area contributed by atoms with Crippen LogP contribution in [-0.2, 0) is 4.74 Å². The molecule has 1 rings (SSSR count). The molecule has 0 N–H and O–H groups in total. The maximum Gasteiger partial charge on any atom is 0.338 e. The zero-order chi connectivity index (χ0) is 12.0. The molecule has 0 atom stereocenters. The summed E-state index contributed by atoms with van der Waals surface area (Å²) in [4.78, 5) is 13.6. The Bertz CT molecular complexity index is 355. The van der Waals surface area contributed by atoms with Gasteiger partial charge in [-0.15, -0.1) is 12.4 Å². The van der Waals surface area contributed by atoms with Crippen LogP contribution in [-0.4, -0.2) is 45.2 Å². The van der Waals surface area contributed by atoms with Crippen molar-refractivity contribution in [2.45, 2.75) is 0 Å². The zero-order valence-corrected chi connectivity index (χ0v) is 11.1. The quantitative estimate of drug-likeness (QED) is 0.757. The van der Waals surface area contributed by atoms with Gasteiger partial charge in [0.05, 0.1) is 12.7 Å². The molecule has 0 heterocycles. The van der Waals surface area contributed by atoms with E-state index >= 15 is 0 Å². The number of hydrogen-bond donors (Lipinski definition) is 0. The molecule has 0 radical (unpaired) electrons. The Hall–Kier alpha value is -1.26. The predicted molar refractivity (Wildman–Crippen MR) is 69.1 cm³/mol. The van der Waals surface area contributed by atoms with Gasteiger partial charge in [-0.05, 0) is 32.3 Å². The van der Waals surface area contributed by atoms with Gasteiger partial charge < -0.3 is 14.4 Å². The molecule has 96 valence electrons. The first-order chi connectivity index (χ1) is 7.63. The highest BCUT2D eigenvalue weighted by Gasteiger charge is 2.07. The fourth-order valence-electron chi connectivity index (χ4n) is 1.15. The van der Waals surface area contributed by atoms with E-state index in [9.17, 15) is 4.79 Å². The van der Waals surface area contributed by atoms with Gasteiger partial charge in [-0.1, -0.05) is 6.07 Å². The molecule has 0 aliphatic heterocycles. The van der Waals surface area contributed by atoms with Gasteiger partial charge in [-0.3, -0.25) is 0 Å². The lowest BCUT2D eigenvalue weighted by Gasteiger charge is -2.10. The average Bonchev–Trinajstić information content (AvgIpc) is 2.28. The Kier molecular flexibility index (Phi) is 7.34. The maximum atomic E-state index is 11.6. The Labute approximate surface area is 108 Å². The lowest BCUT2D eigenvalue weighted by atomic mass is 10.2. The minimum absolute atomic E-state index is 0. The van der Waals surface area contributed by atoms with Crippen molar-refractivity contribution in [2.24, 2.45) is 0 Å². The summed E-state index contributed by atoms with van der Waals surface area (Å²) in [7, 11) is 5.43. The number of carbonyl (C=O) groups is 1. The molecule has 0 spiro atoms. The molecule has 0 saturated carbocycles. The molecular formula is C12H18ClNO3. The molecule has 0 aliphatic rings. The normalized spacial score (nSPS) is 9.65. The van der Waals surface area contributed by atoms with Crippen LogP contribution in [0.25, 0.3) is 0 Å². The SMILES string of the molecule is COc1cccc(C(=O)OCCN(C)C)c1.Cl. The van der Waals surface area contributed by atoms with Crippen molar-refractivity contribution in [1.82, 2.24) is 4.90 Å². The molecule has 4 nitrogen and oxygen atoms in total. The number of carbonyl (C=O) groups excluding carboxylic acids is 1. The van der Waals surface area contributed by atoms with Crippen LogP contribution in [0.4, 0.5) is 0 Å². The van der Waals surface area contributed by atoms with E-state index in [1.807, 2.05) is 19.0 Å². The number of likely N-dealkylation sites (N-methyl/N-ethyl adjacent to an activating group) is 1. The van der Waals surface area contributed by atoms with Crippen LogP contribution in [0.2, 0.25) is 0 Å². The molecule has 1 aromatic rings.